The van der Waals surface area contributed by atoms with E-state index in [0.717, 1.165) is 11.4 Å². The van der Waals surface area contributed by atoms with Gasteiger partial charge in [-0.3, -0.25) is 4.68 Å². The molecule has 5 nitrogen and oxygen atoms in total. The first-order valence-corrected chi connectivity index (χ1v) is 5.95. The number of nitrogens with zero attached hydrogens (tertiary/aromatic N) is 2. The minimum absolute atomic E-state index is 0.202. The van der Waals surface area contributed by atoms with E-state index < -0.39 is 5.97 Å². The van der Waals surface area contributed by atoms with Crippen LogP contribution >= 0.6 is 11.3 Å². The summed E-state index contributed by atoms with van der Waals surface area (Å²) in [5, 5.41) is 5.94. The SMILES string of the molecule is Cc1cc(COC(=O)c2sccc2N)n(C)n1. The Labute approximate surface area is 103 Å². The van der Waals surface area contributed by atoms with E-state index in [-0.39, 0.29) is 6.61 Å². The van der Waals surface area contributed by atoms with Crippen LogP contribution < -0.4 is 5.73 Å². The highest BCUT2D eigenvalue weighted by molar-refractivity contribution is 7.12. The number of nitrogen functional groups attached to an aromatic ring is 1. The summed E-state index contributed by atoms with van der Waals surface area (Å²) in [6.45, 7) is 2.09. The van der Waals surface area contributed by atoms with Crippen molar-refractivity contribution in [3.8, 4) is 0 Å². The minimum atomic E-state index is -0.392. The number of nitrogens with two attached hydrogens (primary N) is 1. The second-order valence-electron chi connectivity index (χ2n) is 3.68. The summed E-state index contributed by atoms with van der Waals surface area (Å²) in [6.07, 6.45) is 0. The largest absolute Gasteiger partial charge is 0.455 e. The fourth-order valence-electron chi connectivity index (χ4n) is 1.49. The molecule has 2 N–H and O–H groups in total. The van der Waals surface area contributed by atoms with E-state index in [1.807, 2.05) is 20.0 Å². The first-order valence-electron chi connectivity index (χ1n) is 5.07. The second-order valence-corrected chi connectivity index (χ2v) is 4.60. The molecule has 17 heavy (non-hydrogen) atoms. The number of ether oxygens (including phenoxy) is 1. The van der Waals surface area contributed by atoms with Crippen LogP contribution in [0, 0.1) is 6.92 Å². The second kappa shape index (κ2) is 4.58. The van der Waals surface area contributed by atoms with Gasteiger partial charge in [0.2, 0.25) is 0 Å². The van der Waals surface area contributed by atoms with Crippen LogP contribution in [0.1, 0.15) is 21.1 Å². The van der Waals surface area contributed by atoms with E-state index in [2.05, 4.69) is 5.10 Å². The average molecular weight is 251 g/mol. The van der Waals surface area contributed by atoms with Crippen molar-refractivity contribution in [2.75, 3.05) is 5.73 Å². The number of hydrogen-bond donors (Lipinski definition) is 1. The van der Waals surface area contributed by atoms with Gasteiger partial charge >= 0.3 is 5.97 Å². The van der Waals surface area contributed by atoms with Crippen LogP contribution in [0.15, 0.2) is 17.5 Å². The highest BCUT2D eigenvalue weighted by Gasteiger charge is 2.13. The Morgan fingerprint density at radius 3 is 2.94 bits per heavy atom. The van der Waals surface area contributed by atoms with Gasteiger partial charge in [0.1, 0.15) is 11.5 Å². The molecule has 0 atom stereocenters. The first-order chi connectivity index (χ1) is 8.08. The van der Waals surface area contributed by atoms with E-state index in [1.54, 1.807) is 16.1 Å². The Morgan fingerprint density at radius 2 is 2.41 bits per heavy atom. The molecule has 0 saturated heterocycles. The minimum Gasteiger partial charge on any atom is -0.455 e. The molecule has 0 radical (unpaired) electrons. The highest BCUT2D eigenvalue weighted by Crippen LogP contribution is 2.20. The average Bonchev–Trinajstić information content (AvgIpc) is 2.81. The number of carbonyl (C=O) groups is 1. The van der Waals surface area contributed by atoms with Crippen molar-refractivity contribution < 1.29 is 9.53 Å². The van der Waals surface area contributed by atoms with Crippen LogP contribution in [-0.4, -0.2) is 15.7 Å². The zero-order valence-corrected chi connectivity index (χ0v) is 10.5. The zero-order valence-electron chi connectivity index (χ0n) is 9.64. The maximum absolute atomic E-state index is 11.7. The smallest absolute Gasteiger partial charge is 0.350 e. The van der Waals surface area contributed by atoms with E-state index in [0.29, 0.717) is 10.6 Å². The molecule has 2 aromatic heterocycles. The number of thiophene rings is 1. The van der Waals surface area contributed by atoms with Gasteiger partial charge in [-0.25, -0.2) is 4.79 Å². The van der Waals surface area contributed by atoms with Crippen LogP contribution in [0.3, 0.4) is 0 Å². The number of esters is 1. The van der Waals surface area contributed by atoms with Gasteiger partial charge in [-0.05, 0) is 24.4 Å². The summed E-state index contributed by atoms with van der Waals surface area (Å²) < 4.78 is 6.87. The number of aryl methyl sites for hydroxylation is 2. The summed E-state index contributed by atoms with van der Waals surface area (Å²) in [5.41, 5.74) is 7.85. The summed E-state index contributed by atoms with van der Waals surface area (Å²) in [5.74, 6) is -0.392. The Hall–Kier alpha value is -1.82. The van der Waals surface area contributed by atoms with Crippen LogP contribution in [0.5, 0.6) is 0 Å². The van der Waals surface area contributed by atoms with Gasteiger partial charge in [0, 0.05) is 7.05 Å². The van der Waals surface area contributed by atoms with E-state index in [4.69, 9.17) is 10.5 Å². The molecule has 2 rings (SSSR count). The van der Waals surface area contributed by atoms with Crippen molar-refractivity contribution in [2.45, 2.75) is 13.5 Å². The molecule has 0 unspecified atom stereocenters. The molecule has 6 heteroatoms. The lowest BCUT2D eigenvalue weighted by Crippen LogP contribution is -2.08. The summed E-state index contributed by atoms with van der Waals surface area (Å²) in [6, 6.07) is 3.57. The third-order valence-electron chi connectivity index (χ3n) is 2.33. The lowest BCUT2D eigenvalue weighted by Gasteiger charge is -2.04. The Balaban J connectivity index is 2.02. The molecule has 0 amide bonds. The fraction of sp³-hybridized carbons (Fsp3) is 0.273. The Kier molecular flexibility index (Phi) is 3.14. The molecule has 0 aliphatic rings. The molecule has 90 valence electrons. The highest BCUT2D eigenvalue weighted by atomic mass is 32.1. The van der Waals surface area contributed by atoms with Crippen LogP contribution in [0.4, 0.5) is 5.69 Å². The monoisotopic (exact) mass is 251 g/mol. The lowest BCUT2D eigenvalue weighted by atomic mass is 10.4. The standard InChI is InChI=1S/C11H13N3O2S/c1-7-5-8(14(2)13-7)6-16-11(15)10-9(12)3-4-17-10/h3-5H,6,12H2,1-2H3. The molecule has 0 aliphatic carbocycles. The predicted molar refractivity (Wildman–Crippen MR) is 65.8 cm³/mol. The molecular formula is C11H13N3O2S. The molecule has 0 aliphatic heterocycles. The van der Waals surface area contributed by atoms with Crippen molar-refractivity contribution in [3.05, 3.63) is 33.8 Å². The molecule has 0 aromatic carbocycles. The summed E-state index contributed by atoms with van der Waals surface area (Å²) in [7, 11) is 1.82. The van der Waals surface area contributed by atoms with Crippen LogP contribution in [0.25, 0.3) is 0 Å². The van der Waals surface area contributed by atoms with Gasteiger partial charge in [0.05, 0.1) is 17.1 Å². The van der Waals surface area contributed by atoms with E-state index in [1.165, 1.54) is 11.3 Å². The van der Waals surface area contributed by atoms with Crippen LogP contribution in [-0.2, 0) is 18.4 Å². The molecule has 0 fully saturated rings. The van der Waals surface area contributed by atoms with Gasteiger partial charge in [0.15, 0.2) is 0 Å². The topological polar surface area (TPSA) is 70.1 Å². The molecule has 0 spiro atoms. The van der Waals surface area contributed by atoms with Gasteiger partial charge in [-0.1, -0.05) is 0 Å². The van der Waals surface area contributed by atoms with Crippen molar-refractivity contribution in [1.29, 1.82) is 0 Å². The summed E-state index contributed by atoms with van der Waals surface area (Å²) >= 11 is 1.28. The Morgan fingerprint density at radius 1 is 1.65 bits per heavy atom. The van der Waals surface area contributed by atoms with E-state index in [9.17, 15) is 4.79 Å². The van der Waals surface area contributed by atoms with Gasteiger partial charge in [0.25, 0.3) is 0 Å². The predicted octanol–water partition coefficient (Wildman–Crippen LogP) is 1.73. The molecule has 0 saturated carbocycles. The number of hydrogen-bond acceptors (Lipinski definition) is 5. The number of aromatic nitrogens is 2. The summed E-state index contributed by atoms with van der Waals surface area (Å²) in [4.78, 5) is 12.1. The van der Waals surface area contributed by atoms with Gasteiger partial charge < -0.3 is 10.5 Å². The normalized spacial score (nSPS) is 10.5. The fourth-order valence-corrected chi connectivity index (χ4v) is 2.20. The van der Waals surface area contributed by atoms with Crippen molar-refractivity contribution in [3.63, 3.8) is 0 Å². The third-order valence-corrected chi connectivity index (χ3v) is 3.24. The maximum atomic E-state index is 11.7. The lowest BCUT2D eigenvalue weighted by molar-refractivity contribution is 0.0470. The number of rotatable bonds is 3. The van der Waals surface area contributed by atoms with Crippen molar-refractivity contribution >= 4 is 23.0 Å². The van der Waals surface area contributed by atoms with Crippen molar-refractivity contribution in [1.82, 2.24) is 9.78 Å². The third kappa shape index (κ3) is 2.47. The number of carbonyl (C=O) groups excluding carboxylic acids is 1. The van der Waals surface area contributed by atoms with E-state index >= 15 is 0 Å². The molecular weight excluding hydrogens is 238 g/mol. The van der Waals surface area contributed by atoms with Gasteiger partial charge in [-0.15, -0.1) is 11.3 Å². The number of anilines is 1. The van der Waals surface area contributed by atoms with Crippen LogP contribution in [0.2, 0.25) is 0 Å². The maximum Gasteiger partial charge on any atom is 0.350 e. The quantitative estimate of drug-likeness (QED) is 0.843. The molecule has 2 heterocycles. The zero-order chi connectivity index (χ0) is 12.4. The van der Waals surface area contributed by atoms with Crippen molar-refractivity contribution in [2.24, 2.45) is 7.05 Å². The first kappa shape index (κ1) is 11.7. The molecule has 2 aromatic rings. The Bertz CT molecular complexity index is 545. The van der Waals surface area contributed by atoms with Gasteiger partial charge in [-0.2, -0.15) is 5.10 Å². The molecule has 0 bridgehead atoms.